The molecule has 1 saturated heterocycles. The largest absolute Gasteiger partial charge is 0.444 e. The Morgan fingerprint density at radius 3 is 2.57 bits per heavy atom. The average Bonchev–Trinajstić information content (AvgIpc) is 3.19. The Morgan fingerprint density at radius 2 is 1.86 bits per heavy atom. The third-order valence-corrected chi connectivity index (χ3v) is 6.23. The molecule has 4 aromatic rings. The fourth-order valence-electron chi connectivity index (χ4n) is 4.56. The topological polar surface area (TPSA) is 81.7 Å². The van der Waals surface area contributed by atoms with Gasteiger partial charge in [-0.1, -0.05) is 6.07 Å². The summed E-state index contributed by atoms with van der Waals surface area (Å²) in [5, 5.41) is 5.69. The van der Waals surface area contributed by atoms with E-state index in [0.29, 0.717) is 42.3 Å². The third kappa shape index (κ3) is 4.50. The number of aromatic nitrogens is 4. The van der Waals surface area contributed by atoms with E-state index in [1.54, 1.807) is 27.8 Å². The van der Waals surface area contributed by atoms with Crippen molar-refractivity contribution >= 4 is 22.5 Å². The summed E-state index contributed by atoms with van der Waals surface area (Å²) >= 11 is 0. The Balaban J connectivity index is 1.39. The van der Waals surface area contributed by atoms with E-state index >= 15 is 0 Å². The maximum absolute atomic E-state index is 14.6. The molecular weight excluding hydrogens is 449 g/mol. The number of aryl methyl sites for hydroxylation is 1. The molecule has 8 nitrogen and oxygen atoms in total. The average molecular weight is 478 g/mol. The zero-order valence-corrected chi connectivity index (χ0v) is 20.3. The van der Waals surface area contributed by atoms with Gasteiger partial charge in [0.05, 0.1) is 23.3 Å². The van der Waals surface area contributed by atoms with Gasteiger partial charge in [0.2, 0.25) is 0 Å². The highest BCUT2D eigenvalue weighted by atomic mass is 19.1. The summed E-state index contributed by atoms with van der Waals surface area (Å²) in [4.78, 5) is 31.4. The van der Waals surface area contributed by atoms with Crippen LogP contribution >= 0.6 is 0 Å². The van der Waals surface area contributed by atoms with Gasteiger partial charge in [-0.05, 0) is 64.3 Å². The number of likely N-dealkylation sites (tertiary alicyclic amines) is 1. The normalized spacial score (nSPS) is 15.2. The number of halogens is 1. The van der Waals surface area contributed by atoms with Crippen molar-refractivity contribution in [3.05, 3.63) is 64.7 Å². The zero-order valence-electron chi connectivity index (χ0n) is 20.3. The van der Waals surface area contributed by atoms with Crippen LogP contribution in [-0.2, 0) is 4.74 Å². The molecule has 0 N–H and O–H groups in total. The molecule has 9 heteroatoms. The number of pyridine rings is 1. The quantitative estimate of drug-likeness (QED) is 0.417. The molecule has 0 spiro atoms. The Hall–Kier alpha value is -3.75. The monoisotopic (exact) mass is 477 g/mol. The van der Waals surface area contributed by atoms with E-state index in [4.69, 9.17) is 4.74 Å². The van der Waals surface area contributed by atoms with Crippen LogP contribution in [0, 0.1) is 12.7 Å². The SMILES string of the molecule is Cc1cn2cc(-c3ccc4c(=O)n(C5CCN(C(=O)OC(C)(C)C)CC5)ncc4c3)cc(F)c2n1. The van der Waals surface area contributed by atoms with Gasteiger partial charge < -0.3 is 14.0 Å². The summed E-state index contributed by atoms with van der Waals surface area (Å²) in [6.07, 6.45) is 6.20. The molecule has 0 aliphatic carbocycles. The molecule has 0 radical (unpaired) electrons. The van der Waals surface area contributed by atoms with Crippen molar-refractivity contribution in [1.82, 2.24) is 24.1 Å². The van der Waals surface area contributed by atoms with Gasteiger partial charge in [-0.2, -0.15) is 5.10 Å². The maximum atomic E-state index is 14.6. The van der Waals surface area contributed by atoms with E-state index in [1.807, 2.05) is 46.0 Å². The molecule has 182 valence electrons. The molecule has 1 amide bonds. The van der Waals surface area contributed by atoms with E-state index in [0.717, 1.165) is 11.3 Å². The first kappa shape index (κ1) is 23.0. The van der Waals surface area contributed by atoms with Crippen molar-refractivity contribution in [3.8, 4) is 11.1 Å². The standard InChI is InChI=1S/C26H28FN5O3/c1-16-14-31-15-19(12-22(27)23(31)29-16)17-5-6-21-18(11-17)13-28-32(24(21)33)20-7-9-30(10-8-20)25(34)35-26(2,3)4/h5-6,11-15,20H,7-10H2,1-4H3. The van der Waals surface area contributed by atoms with Crippen LogP contribution in [0.5, 0.6) is 0 Å². The smallest absolute Gasteiger partial charge is 0.410 e. The fraction of sp³-hybridized carbons (Fsp3) is 0.385. The van der Waals surface area contributed by atoms with Crippen molar-refractivity contribution in [1.29, 1.82) is 0 Å². The molecular formula is C26H28FN5O3. The first-order valence-electron chi connectivity index (χ1n) is 11.7. The lowest BCUT2D eigenvalue weighted by Crippen LogP contribution is -2.43. The minimum atomic E-state index is -0.543. The van der Waals surface area contributed by atoms with Gasteiger partial charge in [0.1, 0.15) is 5.60 Å². The Kier molecular flexibility index (Phi) is 5.57. The number of hydrogen-bond donors (Lipinski definition) is 0. The number of piperidine rings is 1. The number of amides is 1. The third-order valence-electron chi connectivity index (χ3n) is 6.23. The maximum Gasteiger partial charge on any atom is 0.410 e. The Morgan fingerprint density at radius 1 is 1.11 bits per heavy atom. The molecule has 0 saturated carbocycles. The van der Waals surface area contributed by atoms with E-state index in [1.165, 1.54) is 10.7 Å². The highest BCUT2D eigenvalue weighted by Gasteiger charge is 2.28. The molecule has 1 aromatic carbocycles. The van der Waals surface area contributed by atoms with Crippen LogP contribution in [-0.4, -0.2) is 48.8 Å². The highest BCUT2D eigenvalue weighted by Crippen LogP contribution is 2.27. The molecule has 0 unspecified atom stereocenters. The van der Waals surface area contributed by atoms with Crippen LogP contribution in [0.3, 0.4) is 0 Å². The van der Waals surface area contributed by atoms with Gasteiger partial charge in [0.15, 0.2) is 11.5 Å². The van der Waals surface area contributed by atoms with E-state index in [2.05, 4.69) is 10.1 Å². The molecule has 5 rings (SSSR count). The second-order valence-corrected chi connectivity index (χ2v) is 10.1. The molecule has 4 heterocycles. The number of carbonyl (C=O) groups is 1. The molecule has 3 aromatic heterocycles. The molecule has 0 bridgehead atoms. The Bertz CT molecular complexity index is 1490. The van der Waals surface area contributed by atoms with E-state index < -0.39 is 11.4 Å². The van der Waals surface area contributed by atoms with Gasteiger partial charge in [-0.25, -0.2) is 18.9 Å². The van der Waals surface area contributed by atoms with E-state index in [-0.39, 0.29) is 23.3 Å². The van der Waals surface area contributed by atoms with Crippen molar-refractivity contribution in [3.63, 3.8) is 0 Å². The number of imidazole rings is 1. The van der Waals surface area contributed by atoms with Crippen molar-refractivity contribution < 1.29 is 13.9 Å². The Labute approximate surface area is 201 Å². The molecule has 1 aliphatic rings. The fourth-order valence-corrected chi connectivity index (χ4v) is 4.56. The summed E-state index contributed by atoms with van der Waals surface area (Å²) in [5.41, 5.74) is 1.79. The number of hydrogen-bond acceptors (Lipinski definition) is 5. The van der Waals surface area contributed by atoms with Gasteiger partial charge in [0, 0.05) is 36.4 Å². The minimum absolute atomic E-state index is 0.0914. The predicted octanol–water partition coefficient (Wildman–Crippen LogP) is 4.73. The first-order chi connectivity index (χ1) is 16.6. The number of fused-ring (bicyclic) bond motifs is 2. The summed E-state index contributed by atoms with van der Waals surface area (Å²) in [7, 11) is 0. The molecule has 1 aliphatic heterocycles. The van der Waals surface area contributed by atoms with Crippen LogP contribution in [0.25, 0.3) is 27.5 Å². The second kappa shape index (κ2) is 8.48. The summed E-state index contributed by atoms with van der Waals surface area (Å²) < 4.78 is 23.2. The van der Waals surface area contributed by atoms with Gasteiger partial charge in [-0.15, -0.1) is 0 Å². The lowest BCUT2D eigenvalue weighted by Gasteiger charge is -2.33. The van der Waals surface area contributed by atoms with Gasteiger partial charge in [-0.3, -0.25) is 4.79 Å². The number of rotatable bonds is 2. The number of carbonyl (C=O) groups excluding carboxylic acids is 1. The summed E-state index contributed by atoms with van der Waals surface area (Å²) in [6, 6.07) is 6.80. The van der Waals surface area contributed by atoms with Crippen LogP contribution in [0.15, 0.2) is 47.7 Å². The summed E-state index contributed by atoms with van der Waals surface area (Å²) in [5.74, 6) is -0.401. The lowest BCUT2D eigenvalue weighted by molar-refractivity contribution is 0.0183. The van der Waals surface area contributed by atoms with Gasteiger partial charge in [0.25, 0.3) is 5.56 Å². The predicted molar refractivity (Wildman–Crippen MR) is 131 cm³/mol. The molecule has 35 heavy (non-hydrogen) atoms. The van der Waals surface area contributed by atoms with Crippen molar-refractivity contribution in [2.24, 2.45) is 0 Å². The van der Waals surface area contributed by atoms with Crippen molar-refractivity contribution in [2.45, 2.75) is 52.2 Å². The number of nitrogens with zero attached hydrogens (tertiary/aromatic N) is 5. The van der Waals surface area contributed by atoms with Crippen LogP contribution in [0.4, 0.5) is 9.18 Å². The van der Waals surface area contributed by atoms with Crippen molar-refractivity contribution in [2.75, 3.05) is 13.1 Å². The lowest BCUT2D eigenvalue weighted by atomic mass is 10.0. The first-order valence-corrected chi connectivity index (χ1v) is 11.7. The van der Waals surface area contributed by atoms with Crippen LogP contribution in [0.2, 0.25) is 0 Å². The highest BCUT2D eigenvalue weighted by molar-refractivity contribution is 5.86. The second-order valence-electron chi connectivity index (χ2n) is 10.1. The zero-order chi connectivity index (χ0) is 24.9. The number of benzene rings is 1. The van der Waals surface area contributed by atoms with Crippen LogP contribution in [0.1, 0.15) is 45.3 Å². The summed E-state index contributed by atoms with van der Waals surface area (Å²) in [6.45, 7) is 8.36. The molecule has 0 atom stereocenters. The van der Waals surface area contributed by atoms with Gasteiger partial charge >= 0.3 is 6.09 Å². The minimum Gasteiger partial charge on any atom is -0.444 e. The molecule has 1 fully saturated rings. The van der Waals surface area contributed by atoms with Crippen LogP contribution < -0.4 is 5.56 Å². The van der Waals surface area contributed by atoms with E-state index in [9.17, 15) is 14.0 Å². The number of ether oxygens (including phenoxy) is 1.